The summed E-state index contributed by atoms with van der Waals surface area (Å²) in [6, 6.07) is 6.56. The molecule has 0 spiro atoms. The summed E-state index contributed by atoms with van der Waals surface area (Å²) in [5, 5.41) is 3.48. The highest BCUT2D eigenvalue weighted by atomic mass is 127. The highest BCUT2D eigenvalue weighted by Crippen LogP contribution is 2.14. The van der Waals surface area contributed by atoms with Crippen molar-refractivity contribution in [3.05, 3.63) is 40.3 Å². The average Bonchev–Trinajstić information content (AvgIpc) is 2.58. The standard InChI is InChI=1S/C14H17IN4O5/c1-10(20)8-22-5-6-23-13(18-19-16)9-24-12-4-2-3-11(7-12)14(21)17-15/h2-4,7,13H,5-6,8-9H2,1H3,(H,17,21). The Labute approximate surface area is 152 Å². The number of hydrogen-bond donors (Lipinski definition) is 1. The maximum Gasteiger partial charge on any atom is 0.260 e. The second kappa shape index (κ2) is 11.6. The van der Waals surface area contributed by atoms with E-state index in [0.717, 1.165) is 0 Å². The minimum absolute atomic E-state index is 0.0116. The molecule has 0 aromatic heterocycles. The first-order valence-electron chi connectivity index (χ1n) is 6.93. The fraction of sp³-hybridized carbons (Fsp3) is 0.429. The van der Waals surface area contributed by atoms with Gasteiger partial charge >= 0.3 is 0 Å². The summed E-state index contributed by atoms with van der Waals surface area (Å²) in [5.41, 5.74) is 9.00. The molecule has 1 atom stereocenters. The van der Waals surface area contributed by atoms with Gasteiger partial charge in [-0.15, -0.1) is 0 Å². The molecule has 1 unspecified atom stereocenters. The normalized spacial score (nSPS) is 11.2. The zero-order valence-electron chi connectivity index (χ0n) is 13.0. The molecule has 24 heavy (non-hydrogen) atoms. The Kier molecular flexibility index (Phi) is 9.77. The van der Waals surface area contributed by atoms with E-state index in [2.05, 4.69) is 13.6 Å². The van der Waals surface area contributed by atoms with Crippen molar-refractivity contribution in [1.29, 1.82) is 0 Å². The molecule has 0 radical (unpaired) electrons. The molecule has 0 bridgehead atoms. The Hall–Kier alpha value is -1.88. The minimum atomic E-state index is -0.849. The maximum absolute atomic E-state index is 11.6. The van der Waals surface area contributed by atoms with Gasteiger partial charge in [-0.3, -0.25) is 13.1 Å². The molecule has 1 aromatic carbocycles. The lowest BCUT2D eigenvalue weighted by Crippen LogP contribution is -2.22. The molecule has 0 aliphatic carbocycles. The van der Waals surface area contributed by atoms with Crippen molar-refractivity contribution >= 4 is 34.6 Å². The monoisotopic (exact) mass is 448 g/mol. The zero-order valence-corrected chi connectivity index (χ0v) is 15.1. The molecular weight excluding hydrogens is 431 g/mol. The molecular formula is C14H17IN4O5. The molecule has 0 aliphatic heterocycles. The summed E-state index contributed by atoms with van der Waals surface area (Å²) in [7, 11) is 0. The van der Waals surface area contributed by atoms with Gasteiger partial charge < -0.3 is 14.2 Å². The quantitative estimate of drug-likeness (QED) is 0.139. The third-order valence-electron chi connectivity index (χ3n) is 2.60. The van der Waals surface area contributed by atoms with Crippen molar-refractivity contribution in [1.82, 2.24) is 3.53 Å². The Bertz CT molecular complexity index is 607. The number of azide groups is 1. The number of nitrogens with one attached hydrogen (secondary N) is 1. The lowest BCUT2D eigenvalue weighted by atomic mass is 10.2. The van der Waals surface area contributed by atoms with Crippen molar-refractivity contribution in [2.45, 2.75) is 13.2 Å². The molecule has 0 heterocycles. The number of ether oxygens (including phenoxy) is 3. The molecule has 0 saturated heterocycles. The van der Waals surface area contributed by atoms with Crippen LogP contribution in [0.5, 0.6) is 5.75 Å². The van der Waals surface area contributed by atoms with Crippen molar-refractivity contribution < 1.29 is 23.8 Å². The molecule has 1 rings (SSSR count). The molecule has 0 fully saturated rings. The number of Topliss-reactive ketones (excluding diaryl/α,β-unsaturated/α-hetero) is 1. The van der Waals surface area contributed by atoms with Crippen LogP contribution in [0.2, 0.25) is 0 Å². The van der Waals surface area contributed by atoms with Gasteiger partial charge in [-0.1, -0.05) is 11.2 Å². The first-order valence-corrected chi connectivity index (χ1v) is 8.01. The van der Waals surface area contributed by atoms with Crippen LogP contribution in [0.4, 0.5) is 0 Å². The maximum atomic E-state index is 11.6. The van der Waals surface area contributed by atoms with Gasteiger partial charge in [0.25, 0.3) is 5.91 Å². The predicted molar refractivity (Wildman–Crippen MR) is 93.8 cm³/mol. The molecule has 0 aliphatic rings. The Balaban J connectivity index is 2.47. The van der Waals surface area contributed by atoms with Crippen LogP contribution in [0.25, 0.3) is 10.4 Å². The number of carbonyl (C=O) groups is 2. The molecule has 1 N–H and O–H groups in total. The largest absolute Gasteiger partial charge is 0.491 e. The van der Waals surface area contributed by atoms with Gasteiger partial charge in [0.05, 0.1) is 36.1 Å². The third kappa shape index (κ3) is 8.11. The number of rotatable bonds is 11. The fourth-order valence-electron chi connectivity index (χ4n) is 1.58. The first kappa shape index (κ1) is 20.2. The number of ketones is 1. The Morgan fingerprint density at radius 3 is 2.88 bits per heavy atom. The Morgan fingerprint density at radius 1 is 1.42 bits per heavy atom. The molecule has 9 nitrogen and oxygen atoms in total. The predicted octanol–water partition coefficient (Wildman–Crippen LogP) is 2.40. The molecule has 130 valence electrons. The summed E-state index contributed by atoms with van der Waals surface area (Å²) < 4.78 is 18.3. The van der Waals surface area contributed by atoms with Gasteiger partial charge in [0, 0.05) is 10.5 Å². The highest BCUT2D eigenvalue weighted by Gasteiger charge is 2.10. The van der Waals surface area contributed by atoms with E-state index in [1.54, 1.807) is 47.1 Å². The molecule has 1 amide bonds. The minimum Gasteiger partial charge on any atom is -0.491 e. The van der Waals surface area contributed by atoms with Gasteiger partial charge in [0.1, 0.15) is 19.0 Å². The summed E-state index contributed by atoms with van der Waals surface area (Å²) in [6.45, 7) is 1.76. The molecule has 1 aromatic rings. The second-order valence-corrected chi connectivity index (χ2v) is 5.09. The molecule has 0 saturated carbocycles. The van der Waals surface area contributed by atoms with E-state index < -0.39 is 6.23 Å². The number of benzene rings is 1. The second-order valence-electron chi connectivity index (χ2n) is 4.55. The number of nitrogens with zero attached hydrogens (tertiary/aromatic N) is 3. The van der Waals surface area contributed by atoms with Crippen LogP contribution >= 0.6 is 22.9 Å². The Morgan fingerprint density at radius 2 is 2.21 bits per heavy atom. The topological polar surface area (TPSA) is 123 Å². The smallest absolute Gasteiger partial charge is 0.260 e. The van der Waals surface area contributed by atoms with Gasteiger partial charge in [0.2, 0.25) is 0 Å². The van der Waals surface area contributed by atoms with Crippen LogP contribution in [-0.2, 0) is 14.3 Å². The van der Waals surface area contributed by atoms with Gasteiger partial charge in [0.15, 0.2) is 12.0 Å². The van der Waals surface area contributed by atoms with E-state index in [4.69, 9.17) is 19.7 Å². The zero-order chi connectivity index (χ0) is 17.8. The van der Waals surface area contributed by atoms with E-state index in [0.29, 0.717) is 11.3 Å². The van der Waals surface area contributed by atoms with Gasteiger partial charge in [-0.05, 0) is 30.7 Å². The summed E-state index contributed by atoms with van der Waals surface area (Å²) >= 11 is 1.75. The van der Waals surface area contributed by atoms with E-state index in [1.165, 1.54) is 6.92 Å². The van der Waals surface area contributed by atoms with Crippen molar-refractivity contribution in [3.63, 3.8) is 0 Å². The average molecular weight is 448 g/mol. The van der Waals surface area contributed by atoms with Crippen LogP contribution in [0, 0.1) is 0 Å². The van der Waals surface area contributed by atoms with Crippen LogP contribution in [0.3, 0.4) is 0 Å². The van der Waals surface area contributed by atoms with Crippen molar-refractivity contribution in [2.75, 3.05) is 26.4 Å². The number of amides is 1. The van der Waals surface area contributed by atoms with Crippen LogP contribution in [0.15, 0.2) is 29.4 Å². The van der Waals surface area contributed by atoms with Crippen LogP contribution in [-0.4, -0.2) is 44.3 Å². The molecule has 10 heteroatoms. The van der Waals surface area contributed by atoms with Gasteiger partial charge in [-0.25, -0.2) is 0 Å². The summed E-state index contributed by atoms with van der Waals surface area (Å²) in [4.78, 5) is 25.0. The van der Waals surface area contributed by atoms with E-state index in [1.807, 2.05) is 0 Å². The van der Waals surface area contributed by atoms with E-state index in [-0.39, 0.29) is 38.1 Å². The number of hydrogen-bond acceptors (Lipinski definition) is 6. The van der Waals surface area contributed by atoms with Crippen molar-refractivity contribution in [3.8, 4) is 5.75 Å². The number of carbonyl (C=O) groups excluding carboxylic acids is 2. The lowest BCUT2D eigenvalue weighted by molar-refractivity contribution is -0.122. The van der Waals surface area contributed by atoms with Crippen LogP contribution in [0.1, 0.15) is 17.3 Å². The summed E-state index contributed by atoms with van der Waals surface area (Å²) in [6.07, 6.45) is -0.849. The first-order chi connectivity index (χ1) is 11.6. The number of halogens is 1. The van der Waals surface area contributed by atoms with E-state index >= 15 is 0 Å². The SMILES string of the molecule is CC(=O)COCCOC(COc1cccc(C(=O)NI)c1)N=[N+]=[N-]. The lowest BCUT2D eigenvalue weighted by Gasteiger charge is -2.14. The summed E-state index contributed by atoms with van der Waals surface area (Å²) in [5.74, 6) is 0.119. The third-order valence-corrected chi connectivity index (χ3v) is 3.09. The fourth-order valence-corrected chi connectivity index (χ4v) is 1.89. The van der Waals surface area contributed by atoms with Crippen molar-refractivity contribution in [2.24, 2.45) is 5.11 Å². The van der Waals surface area contributed by atoms with Gasteiger partial charge in [-0.2, -0.15) is 0 Å². The van der Waals surface area contributed by atoms with E-state index in [9.17, 15) is 9.59 Å². The highest BCUT2D eigenvalue weighted by molar-refractivity contribution is 14.1. The van der Waals surface area contributed by atoms with Crippen LogP contribution < -0.4 is 8.27 Å².